The van der Waals surface area contributed by atoms with Gasteiger partial charge in [-0.25, -0.2) is 8.78 Å². The van der Waals surface area contributed by atoms with Crippen molar-refractivity contribution in [3.05, 3.63) is 34.6 Å². The van der Waals surface area contributed by atoms with Gasteiger partial charge in [0.2, 0.25) is 0 Å². The van der Waals surface area contributed by atoms with Gasteiger partial charge < -0.3 is 4.57 Å². The average Bonchev–Trinajstić information content (AvgIpc) is 2.63. The molecule has 0 aliphatic rings. The summed E-state index contributed by atoms with van der Waals surface area (Å²) in [5.41, 5.74) is -0.518. The van der Waals surface area contributed by atoms with E-state index in [1.807, 2.05) is 20.8 Å². The van der Waals surface area contributed by atoms with Crippen molar-refractivity contribution in [2.75, 3.05) is 0 Å². The minimum absolute atomic E-state index is 0.161. The van der Waals surface area contributed by atoms with Crippen LogP contribution in [0, 0.1) is 11.6 Å². The number of aromatic nitrogens is 3. The SMILES string of the molecule is CC(C)(C)n1cnnc1-c1c(F)cc(Br)cc1F. The summed E-state index contributed by atoms with van der Waals surface area (Å²) >= 11 is 3.05. The molecule has 0 amide bonds. The third kappa shape index (κ3) is 2.29. The van der Waals surface area contributed by atoms with E-state index in [1.54, 1.807) is 4.57 Å². The Labute approximate surface area is 112 Å². The molecule has 0 atom stereocenters. The topological polar surface area (TPSA) is 30.7 Å². The van der Waals surface area contributed by atoms with Gasteiger partial charge in [-0.05, 0) is 32.9 Å². The largest absolute Gasteiger partial charge is 0.308 e. The first-order valence-corrected chi connectivity index (χ1v) is 6.15. The third-order valence-corrected chi connectivity index (χ3v) is 2.96. The molecule has 0 aliphatic heterocycles. The summed E-state index contributed by atoms with van der Waals surface area (Å²) in [5, 5.41) is 7.56. The van der Waals surface area contributed by atoms with Gasteiger partial charge in [0.1, 0.15) is 18.0 Å². The van der Waals surface area contributed by atoms with Crippen LogP contribution in [0.15, 0.2) is 22.9 Å². The number of benzene rings is 1. The van der Waals surface area contributed by atoms with Gasteiger partial charge in [0.15, 0.2) is 5.82 Å². The predicted molar refractivity (Wildman–Crippen MR) is 68.1 cm³/mol. The van der Waals surface area contributed by atoms with E-state index in [0.717, 1.165) is 0 Å². The van der Waals surface area contributed by atoms with Crippen molar-refractivity contribution in [3.63, 3.8) is 0 Å². The van der Waals surface area contributed by atoms with Gasteiger partial charge in [-0.3, -0.25) is 0 Å². The van der Waals surface area contributed by atoms with Gasteiger partial charge in [-0.15, -0.1) is 10.2 Å². The van der Waals surface area contributed by atoms with Gasteiger partial charge in [-0.2, -0.15) is 0 Å². The quantitative estimate of drug-likeness (QED) is 0.802. The predicted octanol–water partition coefficient (Wildman–Crippen LogP) is 3.74. The first kappa shape index (κ1) is 13.1. The molecule has 1 heterocycles. The lowest BCUT2D eigenvalue weighted by atomic mass is 10.1. The zero-order valence-electron chi connectivity index (χ0n) is 10.2. The van der Waals surface area contributed by atoms with E-state index in [-0.39, 0.29) is 16.9 Å². The summed E-state index contributed by atoms with van der Waals surface area (Å²) in [5.74, 6) is -1.15. The molecule has 1 aromatic heterocycles. The van der Waals surface area contributed by atoms with Crippen LogP contribution in [0.4, 0.5) is 8.78 Å². The van der Waals surface area contributed by atoms with Crippen LogP contribution in [0.5, 0.6) is 0 Å². The van der Waals surface area contributed by atoms with Crippen LogP contribution < -0.4 is 0 Å². The Hall–Kier alpha value is -1.30. The highest BCUT2D eigenvalue weighted by Crippen LogP contribution is 2.30. The normalized spacial score (nSPS) is 11.9. The lowest BCUT2D eigenvalue weighted by Gasteiger charge is -2.22. The van der Waals surface area contributed by atoms with Crippen LogP contribution in [0.1, 0.15) is 20.8 Å². The maximum absolute atomic E-state index is 13.9. The molecule has 6 heteroatoms. The fraction of sp³-hybridized carbons (Fsp3) is 0.333. The number of hydrogen-bond donors (Lipinski definition) is 0. The highest BCUT2D eigenvalue weighted by atomic mass is 79.9. The molecule has 0 bridgehead atoms. The monoisotopic (exact) mass is 315 g/mol. The van der Waals surface area contributed by atoms with Crippen molar-refractivity contribution in [1.82, 2.24) is 14.8 Å². The highest BCUT2D eigenvalue weighted by molar-refractivity contribution is 9.10. The smallest absolute Gasteiger partial charge is 0.170 e. The average molecular weight is 316 g/mol. The molecule has 0 fully saturated rings. The number of nitrogens with zero attached hydrogens (tertiary/aromatic N) is 3. The van der Waals surface area contributed by atoms with Crippen LogP contribution in [0.3, 0.4) is 0 Å². The second kappa shape index (κ2) is 4.42. The molecule has 2 rings (SSSR count). The van der Waals surface area contributed by atoms with E-state index in [0.29, 0.717) is 4.47 Å². The molecule has 0 unspecified atom stereocenters. The van der Waals surface area contributed by atoms with Gasteiger partial charge in [-0.1, -0.05) is 15.9 Å². The molecule has 18 heavy (non-hydrogen) atoms. The molecule has 1 aromatic carbocycles. The maximum atomic E-state index is 13.9. The van der Waals surface area contributed by atoms with E-state index in [4.69, 9.17) is 0 Å². The highest BCUT2D eigenvalue weighted by Gasteiger charge is 2.23. The molecule has 0 saturated carbocycles. The fourth-order valence-corrected chi connectivity index (χ4v) is 2.05. The van der Waals surface area contributed by atoms with Gasteiger partial charge in [0.05, 0.1) is 5.56 Å². The summed E-state index contributed by atoms with van der Waals surface area (Å²) < 4.78 is 29.8. The van der Waals surface area contributed by atoms with Crippen LogP contribution in [0.2, 0.25) is 0 Å². The Balaban J connectivity index is 2.68. The number of rotatable bonds is 1. The van der Waals surface area contributed by atoms with Gasteiger partial charge in [0, 0.05) is 10.0 Å². The van der Waals surface area contributed by atoms with Crippen LogP contribution in [-0.2, 0) is 5.54 Å². The maximum Gasteiger partial charge on any atom is 0.170 e. The van der Waals surface area contributed by atoms with E-state index in [9.17, 15) is 8.78 Å². The van der Waals surface area contributed by atoms with Crippen LogP contribution in [0.25, 0.3) is 11.4 Å². The summed E-state index contributed by atoms with van der Waals surface area (Å²) in [6, 6.07) is 2.42. The van der Waals surface area contributed by atoms with Gasteiger partial charge >= 0.3 is 0 Å². The van der Waals surface area contributed by atoms with Crippen LogP contribution >= 0.6 is 15.9 Å². The standard InChI is InChI=1S/C12H12BrF2N3/c1-12(2,3)18-6-16-17-11(18)10-8(14)4-7(13)5-9(10)15/h4-6H,1-3H3. The van der Waals surface area contributed by atoms with Crippen molar-refractivity contribution in [1.29, 1.82) is 0 Å². The lowest BCUT2D eigenvalue weighted by molar-refractivity contribution is 0.398. The van der Waals surface area contributed by atoms with Crippen molar-refractivity contribution in [2.24, 2.45) is 0 Å². The second-order valence-corrected chi connectivity index (χ2v) is 5.86. The van der Waals surface area contributed by atoms with E-state index < -0.39 is 11.6 Å². The Kier molecular flexibility index (Phi) is 3.23. The molecule has 0 saturated heterocycles. The zero-order chi connectivity index (χ0) is 13.5. The molecular formula is C12H12BrF2N3. The summed E-state index contributed by atoms with van der Waals surface area (Å²) in [4.78, 5) is 0. The Morgan fingerprint density at radius 2 is 1.72 bits per heavy atom. The molecular weight excluding hydrogens is 304 g/mol. The van der Waals surface area contributed by atoms with E-state index in [2.05, 4.69) is 26.1 Å². The molecule has 0 radical (unpaired) electrons. The van der Waals surface area contributed by atoms with Crippen LogP contribution in [-0.4, -0.2) is 14.8 Å². The molecule has 0 aliphatic carbocycles. The van der Waals surface area contributed by atoms with E-state index in [1.165, 1.54) is 18.5 Å². The third-order valence-electron chi connectivity index (χ3n) is 2.50. The molecule has 0 N–H and O–H groups in total. The second-order valence-electron chi connectivity index (χ2n) is 4.94. The number of hydrogen-bond acceptors (Lipinski definition) is 2. The molecule has 96 valence electrons. The molecule has 2 aromatic rings. The molecule has 3 nitrogen and oxygen atoms in total. The van der Waals surface area contributed by atoms with Gasteiger partial charge in [0.25, 0.3) is 0 Å². The summed E-state index contributed by atoms with van der Waals surface area (Å²) in [6.45, 7) is 5.73. The minimum Gasteiger partial charge on any atom is -0.308 e. The summed E-state index contributed by atoms with van der Waals surface area (Å²) in [6.07, 6.45) is 1.47. The van der Waals surface area contributed by atoms with Crippen molar-refractivity contribution >= 4 is 15.9 Å². The number of halogens is 3. The van der Waals surface area contributed by atoms with Crippen molar-refractivity contribution in [2.45, 2.75) is 26.3 Å². The Morgan fingerprint density at radius 3 is 2.22 bits per heavy atom. The fourth-order valence-electron chi connectivity index (χ4n) is 1.65. The Bertz CT molecular complexity index is 564. The van der Waals surface area contributed by atoms with E-state index >= 15 is 0 Å². The van der Waals surface area contributed by atoms with Crippen molar-refractivity contribution in [3.8, 4) is 11.4 Å². The molecule has 0 spiro atoms. The first-order valence-electron chi connectivity index (χ1n) is 5.36. The zero-order valence-corrected chi connectivity index (χ0v) is 11.8. The minimum atomic E-state index is -0.666. The summed E-state index contributed by atoms with van der Waals surface area (Å²) in [7, 11) is 0. The Morgan fingerprint density at radius 1 is 1.17 bits per heavy atom. The lowest BCUT2D eigenvalue weighted by Crippen LogP contribution is -2.22. The first-order chi connectivity index (χ1) is 8.30. The van der Waals surface area contributed by atoms with Crippen molar-refractivity contribution < 1.29 is 8.78 Å².